The molecule has 2 aromatic rings. The Labute approximate surface area is 135 Å². The molecule has 1 saturated carbocycles. The molecular formula is C20H21OSi. The van der Waals surface area contributed by atoms with Gasteiger partial charge in [-0.3, -0.25) is 0 Å². The van der Waals surface area contributed by atoms with Gasteiger partial charge in [0, 0.05) is 24.7 Å². The van der Waals surface area contributed by atoms with Crippen molar-refractivity contribution < 1.29 is 4.43 Å². The molecule has 5 radical (unpaired) electrons. The van der Waals surface area contributed by atoms with Crippen LogP contribution in [0.3, 0.4) is 0 Å². The van der Waals surface area contributed by atoms with Gasteiger partial charge in [0.1, 0.15) is 0 Å². The van der Waals surface area contributed by atoms with Crippen LogP contribution < -0.4 is 0 Å². The van der Waals surface area contributed by atoms with E-state index in [1.54, 1.807) is 0 Å². The molecule has 0 unspecified atom stereocenters. The summed E-state index contributed by atoms with van der Waals surface area (Å²) < 4.78 is 6.20. The fourth-order valence-corrected chi connectivity index (χ4v) is 3.43. The van der Waals surface area contributed by atoms with E-state index in [1.165, 1.54) is 23.0 Å². The SMILES string of the molecule is C[Si](C)(C)O[C]1[CH][C](c2ccccc2)[C](c2ccccc2)[CH]1. The van der Waals surface area contributed by atoms with Crippen molar-refractivity contribution in [3.8, 4) is 0 Å². The molecular weight excluding hydrogens is 284 g/mol. The van der Waals surface area contributed by atoms with Gasteiger partial charge in [-0.05, 0) is 30.8 Å². The van der Waals surface area contributed by atoms with Gasteiger partial charge in [-0.2, -0.15) is 0 Å². The predicted octanol–water partition coefficient (Wildman–Crippen LogP) is 5.04. The van der Waals surface area contributed by atoms with Crippen LogP contribution in [0.4, 0.5) is 0 Å². The first-order chi connectivity index (χ1) is 10.5. The number of hydrogen-bond acceptors (Lipinski definition) is 1. The molecule has 0 amide bonds. The lowest BCUT2D eigenvalue weighted by Crippen LogP contribution is -2.27. The molecule has 1 fully saturated rings. The molecule has 0 saturated heterocycles. The molecule has 0 aliphatic heterocycles. The number of benzene rings is 2. The van der Waals surface area contributed by atoms with Crippen LogP contribution in [0.1, 0.15) is 11.1 Å². The fraction of sp³-hybridized carbons (Fsp3) is 0.150. The highest BCUT2D eigenvalue weighted by molar-refractivity contribution is 6.70. The maximum absolute atomic E-state index is 6.20. The summed E-state index contributed by atoms with van der Waals surface area (Å²) in [4.78, 5) is 0. The third kappa shape index (κ3) is 3.68. The fourth-order valence-electron chi connectivity index (χ4n) is 2.61. The van der Waals surface area contributed by atoms with Crippen LogP contribution in [0.25, 0.3) is 0 Å². The van der Waals surface area contributed by atoms with Crippen LogP contribution in [0.2, 0.25) is 19.6 Å². The van der Waals surface area contributed by atoms with Crippen molar-refractivity contribution in [2.24, 2.45) is 0 Å². The molecule has 2 heteroatoms. The Bertz CT molecular complexity index is 541. The Balaban J connectivity index is 1.87. The van der Waals surface area contributed by atoms with E-state index < -0.39 is 8.32 Å². The van der Waals surface area contributed by atoms with Gasteiger partial charge in [0.2, 0.25) is 0 Å². The summed E-state index contributed by atoms with van der Waals surface area (Å²) in [5.74, 6) is 2.47. The van der Waals surface area contributed by atoms with Gasteiger partial charge >= 0.3 is 0 Å². The van der Waals surface area contributed by atoms with Crippen LogP contribution >= 0.6 is 0 Å². The lowest BCUT2D eigenvalue weighted by Gasteiger charge is -2.21. The summed E-state index contributed by atoms with van der Waals surface area (Å²) >= 11 is 0. The minimum absolute atomic E-state index is 0.983. The Hall–Kier alpha value is -1.38. The monoisotopic (exact) mass is 305 g/mol. The molecule has 1 aliphatic carbocycles. The lowest BCUT2D eigenvalue weighted by molar-refractivity contribution is 0.367. The van der Waals surface area contributed by atoms with Gasteiger partial charge in [-0.25, -0.2) is 0 Å². The molecule has 2 aromatic carbocycles. The van der Waals surface area contributed by atoms with Crippen molar-refractivity contribution in [3.05, 3.63) is 103 Å². The van der Waals surface area contributed by atoms with Crippen molar-refractivity contribution in [1.29, 1.82) is 0 Å². The summed E-state index contributed by atoms with van der Waals surface area (Å²) in [5, 5.41) is 0. The van der Waals surface area contributed by atoms with Crippen molar-refractivity contribution in [2.45, 2.75) is 19.6 Å². The van der Waals surface area contributed by atoms with Crippen molar-refractivity contribution in [2.75, 3.05) is 0 Å². The van der Waals surface area contributed by atoms with Gasteiger partial charge in [0.25, 0.3) is 0 Å². The molecule has 1 nitrogen and oxygen atoms in total. The highest BCUT2D eigenvalue weighted by atomic mass is 28.4. The topological polar surface area (TPSA) is 9.23 Å². The van der Waals surface area contributed by atoms with Crippen LogP contribution in [-0.4, -0.2) is 8.32 Å². The van der Waals surface area contributed by atoms with Crippen LogP contribution in [0.5, 0.6) is 0 Å². The third-order valence-corrected chi connectivity index (χ3v) is 4.31. The molecule has 0 aromatic heterocycles. The summed E-state index contributed by atoms with van der Waals surface area (Å²) in [6.45, 7) is 6.64. The van der Waals surface area contributed by atoms with E-state index in [0.29, 0.717) is 0 Å². The second kappa shape index (κ2) is 6.39. The molecule has 111 valence electrons. The van der Waals surface area contributed by atoms with E-state index in [-0.39, 0.29) is 0 Å². The molecule has 0 N–H and O–H groups in total. The maximum atomic E-state index is 6.20. The minimum atomic E-state index is -1.61. The first kappa shape index (κ1) is 15.5. The number of hydrogen-bond donors (Lipinski definition) is 0. The molecule has 0 atom stereocenters. The molecule has 0 spiro atoms. The summed E-state index contributed by atoms with van der Waals surface area (Å²) in [5.41, 5.74) is 2.46. The van der Waals surface area contributed by atoms with Gasteiger partial charge in [0.05, 0.1) is 6.10 Å². The first-order valence-corrected chi connectivity index (χ1v) is 11.0. The lowest BCUT2D eigenvalue weighted by atomic mass is 9.84. The van der Waals surface area contributed by atoms with E-state index in [1.807, 2.05) is 12.1 Å². The van der Waals surface area contributed by atoms with Crippen molar-refractivity contribution in [3.63, 3.8) is 0 Å². The van der Waals surface area contributed by atoms with Gasteiger partial charge in [-0.15, -0.1) is 0 Å². The highest BCUT2D eigenvalue weighted by Gasteiger charge is 2.40. The largest absolute Gasteiger partial charge is 0.409 e. The predicted molar refractivity (Wildman–Crippen MR) is 93.8 cm³/mol. The summed E-state index contributed by atoms with van der Waals surface area (Å²) in [6.07, 6.45) is 5.34. The molecule has 0 heterocycles. The van der Waals surface area contributed by atoms with Gasteiger partial charge < -0.3 is 4.43 Å². The van der Waals surface area contributed by atoms with Crippen LogP contribution in [0.15, 0.2) is 60.7 Å². The number of rotatable bonds is 4. The zero-order valence-corrected chi connectivity index (χ0v) is 14.3. The van der Waals surface area contributed by atoms with Crippen LogP contribution in [0, 0.1) is 30.8 Å². The van der Waals surface area contributed by atoms with Gasteiger partial charge in [-0.1, -0.05) is 60.7 Å². The van der Waals surface area contributed by atoms with Crippen molar-refractivity contribution >= 4 is 8.32 Å². The van der Waals surface area contributed by atoms with E-state index in [4.69, 9.17) is 4.43 Å². The molecule has 22 heavy (non-hydrogen) atoms. The average molecular weight is 305 g/mol. The van der Waals surface area contributed by atoms with E-state index in [9.17, 15) is 0 Å². The zero-order valence-electron chi connectivity index (χ0n) is 13.3. The van der Waals surface area contributed by atoms with E-state index in [2.05, 4.69) is 81.0 Å². The van der Waals surface area contributed by atoms with Crippen molar-refractivity contribution in [1.82, 2.24) is 0 Å². The molecule has 3 rings (SSSR count). The smallest absolute Gasteiger partial charge is 0.184 e. The second-order valence-corrected chi connectivity index (χ2v) is 10.9. The minimum Gasteiger partial charge on any atom is -0.409 e. The highest BCUT2D eigenvalue weighted by Crippen LogP contribution is 2.47. The summed E-state index contributed by atoms with van der Waals surface area (Å²) in [6, 6.07) is 21.0. The Morgan fingerprint density at radius 1 is 0.636 bits per heavy atom. The molecule has 1 aliphatic rings. The van der Waals surface area contributed by atoms with Crippen LogP contribution in [-0.2, 0) is 4.43 Å². The van der Waals surface area contributed by atoms with Gasteiger partial charge in [0.15, 0.2) is 8.32 Å². The molecule has 0 bridgehead atoms. The maximum Gasteiger partial charge on any atom is 0.184 e. The summed E-state index contributed by atoms with van der Waals surface area (Å²) in [7, 11) is -1.61. The van der Waals surface area contributed by atoms with E-state index >= 15 is 0 Å². The standard InChI is InChI=1S/C20H21OSi/c1-22(2,3)21-18-14-19(16-10-6-4-7-11-16)20(15-18)17-12-8-5-9-13-17/h4-15H,1-3H3. The average Bonchev–Trinajstić information content (AvgIpc) is 2.91. The Morgan fingerprint density at radius 2 is 1.05 bits per heavy atom. The third-order valence-electron chi connectivity index (χ3n) is 3.46. The Morgan fingerprint density at radius 3 is 1.41 bits per heavy atom. The normalized spacial score (nSPS) is 18.0. The van der Waals surface area contributed by atoms with E-state index in [0.717, 1.165) is 6.10 Å². The first-order valence-electron chi connectivity index (χ1n) is 7.63. The quantitative estimate of drug-likeness (QED) is 0.719. The zero-order chi connectivity index (χ0) is 15.6. The second-order valence-electron chi connectivity index (χ2n) is 6.46. The Kier molecular flexibility index (Phi) is 4.51.